The van der Waals surface area contributed by atoms with Gasteiger partial charge >= 0.3 is 0 Å². The summed E-state index contributed by atoms with van der Waals surface area (Å²) in [5.74, 6) is 0.623. The molecule has 4 rings (SSSR count). The molecule has 2 fully saturated rings. The van der Waals surface area contributed by atoms with Crippen molar-refractivity contribution in [1.29, 1.82) is 0 Å². The van der Waals surface area contributed by atoms with Crippen molar-refractivity contribution in [2.75, 3.05) is 19.6 Å². The van der Waals surface area contributed by atoms with Crippen LogP contribution in [0.25, 0.3) is 0 Å². The zero-order chi connectivity index (χ0) is 17.9. The maximum absolute atomic E-state index is 13.9. The second kappa shape index (κ2) is 7.58. The second-order valence-electron chi connectivity index (χ2n) is 7.40. The summed E-state index contributed by atoms with van der Waals surface area (Å²) in [5.41, 5.74) is 1.82. The summed E-state index contributed by atoms with van der Waals surface area (Å²) in [4.78, 5) is 24.0. The lowest BCUT2D eigenvalue weighted by atomic mass is 9.83. The Kier molecular flexibility index (Phi) is 5.02. The summed E-state index contributed by atoms with van der Waals surface area (Å²) in [6.45, 7) is 3.24. The molecule has 0 unspecified atom stereocenters. The first kappa shape index (κ1) is 17.2. The number of hydrogen-bond acceptors (Lipinski definition) is 3. The Labute approximate surface area is 153 Å². The van der Waals surface area contributed by atoms with E-state index in [9.17, 15) is 9.18 Å². The maximum atomic E-state index is 13.9. The number of rotatable bonds is 5. The number of hydrogen-bond donors (Lipinski definition) is 1. The van der Waals surface area contributed by atoms with E-state index in [1.807, 2.05) is 18.3 Å². The number of nitrogens with one attached hydrogen (secondary N) is 1. The molecule has 2 aliphatic heterocycles. The predicted octanol–water partition coefficient (Wildman–Crippen LogP) is 2.60. The molecule has 1 amide bonds. The van der Waals surface area contributed by atoms with Crippen molar-refractivity contribution in [2.45, 2.75) is 38.3 Å². The van der Waals surface area contributed by atoms with Crippen LogP contribution in [0.1, 0.15) is 30.5 Å². The number of imidazole rings is 1. The molecule has 0 bridgehead atoms. The molecule has 2 aliphatic rings. The molecular formula is C20H25FN4O. The number of H-pyrrole nitrogens is 1. The summed E-state index contributed by atoms with van der Waals surface area (Å²) in [6, 6.07) is 7.33. The summed E-state index contributed by atoms with van der Waals surface area (Å²) in [6.07, 6.45) is 6.84. The fourth-order valence-electron chi connectivity index (χ4n) is 4.39. The van der Waals surface area contributed by atoms with Crippen LogP contribution in [0.4, 0.5) is 4.39 Å². The lowest BCUT2D eigenvalue weighted by Crippen LogP contribution is -2.56. The van der Waals surface area contributed by atoms with E-state index in [0.29, 0.717) is 24.9 Å². The molecule has 0 saturated carbocycles. The largest absolute Gasteiger partial charge is 0.348 e. The SMILES string of the molecule is O=C1CC[C@H]2CN(Cc3ccccc3F)CC[C@H]2N1CCc1cnc[nH]1. The van der Waals surface area contributed by atoms with Crippen LogP contribution in [-0.2, 0) is 17.8 Å². The van der Waals surface area contributed by atoms with Gasteiger partial charge in [-0.1, -0.05) is 18.2 Å². The van der Waals surface area contributed by atoms with E-state index in [4.69, 9.17) is 0 Å². The summed E-state index contributed by atoms with van der Waals surface area (Å²) in [5, 5.41) is 0. The van der Waals surface area contributed by atoms with Crippen molar-refractivity contribution >= 4 is 5.91 Å². The monoisotopic (exact) mass is 356 g/mol. The zero-order valence-corrected chi connectivity index (χ0v) is 14.9. The van der Waals surface area contributed by atoms with E-state index in [1.54, 1.807) is 12.4 Å². The molecule has 0 radical (unpaired) electrons. The number of fused-ring (bicyclic) bond motifs is 1. The molecule has 1 N–H and O–H groups in total. The highest BCUT2D eigenvalue weighted by Crippen LogP contribution is 2.32. The first-order valence-electron chi connectivity index (χ1n) is 9.43. The predicted molar refractivity (Wildman–Crippen MR) is 96.8 cm³/mol. The summed E-state index contributed by atoms with van der Waals surface area (Å²) >= 11 is 0. The number of carbonyl (C=O) groups excluding carboxylic acids is 1. The zero-order valence-electron chi connectivity index (χ0n) is 14.9. The Hall–Kier alpha value is -2.21. The number of piperidine rings is 2. The topological polar surface area (TPSA) is 52.2 Å². The van der Waals surface area contributed by atoms with Gasteiger partial charge in [0.05, 0.1) is 6.33 Å². The maximum Gasteiger partial charge on any atom is 0.222 e. The van der Waals surface area contributed by atoms with Crippen molar-refractivity contribution < 1.29 is 9.18 Å². The van der Waals surface area contributed by atoms with Crippen LogP contribution in [0.15, 0.2) is 36.8 Å². The second-order valence-corrected chi connectivity index (χ2v) is 7.40. The first-order valence-corrected chi connectivity index (χ1v) is 9.43. The molecule has 0 spiro atoms. The van der Waals surface area contributed by atoms with E-state index >= 15 is 0 Å². The van der Waals surface area contributed by atoms with Gasteiger partial charge in [0.1, 0.15) is 5.82 Å². The van der Waals surface area contributed by atoms with Gasteiger partial charge in [-0.15, -0.1) is 0 Å². The van der Waals surface area contributed by atoms with Gasteiger partial charge in [-0.2, -0.15) is 0 Å². The quantitative estimate of drug-likeness (QED) is 0.896. The molecule has 0 aliphatic carbocycles. The van der Waals surface area contributed by atoms with Gasteiger partial charge in [0, 0.05) is 62.5 Å². The van der Waals surface area contributed by atoms with E-state index in [0.717, 1.165) is 50.2 Å². The summed E-state index contributed by atoms with van der Waals surface area (Å²) in [7, 11) is 0. The molecule has 1 aromatic heterocycles. The normalized spacial score (nSPS) is 23.9. The van der Waals surface area contributed by atoms with Gasteiger partial charge in [0.25, 0.3) is 0 Å². The minimum absolute atomic E-state index is 0.130. The third kappa shape index (κ3) is 3.65. The smallest absolute Gasteiger partial charge is 0.222 e. The van der Waals surface area contributed by atoms with E-state index < -0.39 is 0 Å². The van der Waals surface area contributed by atoms with Crippen LogP contribution in [0.3, 0.4) is 0 Å². The standard InChI is InChI=1S/C20H25FN4O/c21-18-4-2-1-3-15(18)12-24-9-8-19-16(13-24)5-6-20(26)25(19)10-7-17-11-22-14-23-17/h1-4,11,14,16,19H,5-10,12-13H2,(H,22,23)/t16-,19+/m0/s1. The molecular weight excluding hydrogens is 331 g/mol. The van der Waals surface area contributed by atoms with Crippen molar-refractivity contribution in [1.82, 2.24) is 19.8 Å². The average molecular weight is 356 g/mol. The Morgan fingerprint density at radius 1 is 1.27 bits per heavy atom. The number of halogens is 1. The van der Waals surface area contributed by atoms with Gasteiger partial charge in [0.2, 0.25) is 5.91 Å². The van der Waals surface area contributed by atoms with Crippen LogP contribution < -0.4 is 0 Å². The van der Waals surface area contributed by atoms with Crippen LogP contribution >= 0.6 is 0 Å². The van der Waals surface area contributed by atoms with Crippen molar-refractivity contribution in [3.63, 3.8) is 0 Å². The highest BCUT2D eigenvalue weighted by atomic mass is 19.1. The molecule has 5 nitrogen and oxygen atoms in total. The molecule has 2 saturated heterocycles. The molecule has 2 aromatic rings. The number of likely N-dealkylation sites (tertiary alicyclic amines) is 2. The molecule has 2 atom stereocenters. The van der Waals surface area contributed by atoms with Crippen LogP contribution in [0, 0.1) is 11.7 Å². The fourth-order valence-corrected chi connectivity index (χ4v) is 4.39. The van der Waals surface area contributed by atoms with E-state index in [1.165, 1.54) is 6.07 Å². The van der Waals surface area contributed by atoms with Gasteiger partial charge in [0.15, 0.2) is 0 Å². The highest BCUT2D eigenvalue weighted by Gasteiger charge is 2.39. The molecule has 26 heavy (non-hydrogen) atoms. The number of aromatic nitrogens is 2. The van der Waals surface area contributed by atoms with Gasteiger partial charge in [-0.3, -0.25) is 9.69 Å². The van der Waals surface area contributed by atoms with Crippen molar-refractivity contribution in [3.05, 3.63) is 53.9 Å². The Bertz CT molecular complexity index is 748. The van der Waals surface area contributed by atoms with E-state index in [-0.39, 0.29) is 11.7 Å². The molecule has 3 heterocycles. The first-order chi connectivity index (χ1) is 12.7. The van der Waals surface area contributed by atoms with E-state index in [2.05, 4.69) is 19.8 Å². The van der Waals surface area contributed by atoms with Gasteiger partial charge in [-0.05, 0) is 24.8 Å². The Morgan fingerprint density at radius 3 is 2.96 bits per heavy atom. The summed E-state index contributed by atoms with van der Waals surface area (Å²) < 4.78 is 13.9. The average Bonchev–Trinajstić information content (AvgIpc) is 3.16. The third-order valence-corrected chi connectivity index (χ3v) is 5.76. The van der Waals surface area contributed by atoms with Crippen LogP contribution in [0.2, 0.25) is 0 Å². The van der Waals surface area contributed by atoms with Crippen molar-refractivity contribution in [3.8, 4) is 0 Å². The lowest BCUT2D eigenvalue weighted by molar-refractivity contribution is -0.141. The third-order valence-electron chi connectivity index (χ3n) is 5.76. The highest BCUT2D eigenvalue weighted by molar-refractivity contribution is 5.77. The number of amides is 1. The van der Waals surface area contributed by atoms with Crippen LogP contribution in [0.5, 0.6) is 0 Å². The number of nitrogens with zero attached hydrogens (tertiary/aromatic N) is 3. The number of benzene rings is 1. The molecule has 1 aromatic carbocycles. The number of carbonyl (C=O) groups is 1. The lowest BCUT2D eigenvalue weighted by Gasteiger charge is -2.47. The fraction of sp³-hybridized carbons (Fsp3) is 0.500. The Morgan fingerprint density at radius 2 is 2.15 bits per heavy atom. The minimum atomic E-state index is -0.130. The molecule has 6 heteroatoms. The minimum Gasteiger partial charge on any atom is -0.348 e. The van der Waals surface area contributed by atoms with Crippen LogP contribution in [-0.4, -0.2) is 51.4 Å². The Balaban J connectivity index is 1.38. The van der Waals surface area contributed by atoms with Crippen molar-refractivity contribution in [2.24, 2.45) is 5.92 Å². The molecule has 138 valence electrons. The number of aromatic amines is 1. The van der Waals surface area contributed by atoms with Gasteiger partial charge in [-0.25, -0.2) is 9.37 Å². The van der Waals surface area contributed by atoms with Gasteiger partial charge < -0.3 is 9.88 Å².